The van der Waals surface area contributed by atoms with Gasteiger partial charge in [0.2, 0.25) is 0 Å². The lowest BCUT2D eigenvalue weighted by Gasteiger charge is -2.07. The van der Waals surface area contributed by atoms with Gasteiger partial charge in [0.15, 0.2) is 5.82 Å². The first kappa shape index (κ1) is 13.7. The summed E-state index contributed by atoms with van der Waals surface area (Å²) in [7, 11) is 0. The minimum atomic E-state index is 0.417. The van der Waals surface area contributed by atoms with Crippen molar-refractivity contribution in [2.45, 2.75) is 13.8 Å². The summed E-state index contributed by atoms with van der Waals surface area (Å²) >= 11 is 6.15. The topological polar surface area (TPSA) is 38.7 Å². The molecule has 3 rings (SSSR count). The van der Waals surface area contributed by atoms with Gasteiger partial charge in [-0.05, 0) is 25.0 Å². The molecule has 1 aromatic carbocycles. The highest BCUT2D eigenvalue weighted by Crippen LogP contribution is 2.25. The molecule has 0 spiro atoms. The second-order valence-corrected chi connectivity index (χ2v) is 5.33. The van der Waals surface area contributed by atoms with E-state index in [9.17, 15) is 0 Å². The molecule has 0 aliphatic rings. The van der Waals surface area contributed by atoms with Crippen LogP contribution in [0.4, 0.5) is 0 Å². The van der Waals surface area contributed by atoms with Crippen LogP contribution in [0.1, 0.15) is 11.1 Å². The molecule has 0 N–H and O–H groups in total. The third kappa shape index (κ3) is 2.93. The summed E-state index contributed by atoms with van der Waals surface area (Å²) in [4.78, 5) is 13.4. The van der Waals surface area contributed by atoms with Crippen LogP contribution in [0.5, 0.6) is 0 Å². The van der Waals surface area contributed by atoms with E-state index in [1.165, 1.54) is 0 Å². The van der Waals surface area contributed by atoms with E-state index in [-0.39, 0.29) is 0 Å². The van der Waals surface area contributed by atoms with Crippen LogP contribution >= 0.6 is 11.6 Å². The number of halogens is 1. The van der Waals surface area contributed by atoms with Crippen molar-refractivity contribution in [2.75, 3.05) is 0 Å². The molecule has 0 unspecified atom stereocenters. The molecule has 0 atom stereocenters. The SMILES string of the molecule is Cc1cnc(-c2nc(Cl)cc(-c3ccccc3)n2)c(C)c1. The number of aromatic nitrogens is 3. The van der Waals surface area contributed by atoms with Gasteiger partial charge in [-0.25, -0.2) is 9.97 Å². The van der Waals surface area contributed by atoms with E-state index in [0.717, 1.165) is 28.1 Å². The van der Waals surface area contributed by atoms with Crippen LogP contribution in [0, 0.1) is 13.8 Å². The fourth-order valence-corrected chi connectivity index (χ4v) is 2.41. The van der Waals surface area contributed by atoms with Crippen LogP contribution in [0.2, 0.25) is 5.15 Å². The highest BCUT2D eigenvalue weighted by Gasteiger charge is 2.11. The molecule has 3 aromatic rings. The molecule has 0 fully saturated rings. The second-order valence-electron chi connectivity index (χ2n) is 4.94. The summed E-state index contributed by atoms with van der Waals surface area (Å²) in [6.07, 6.45) is 1.81. The Labute approximate surface area is 128 Å². The predicted octanol–water partition coefficient (Wildman–Crippen LogP) is 4.48. The second kappa shape index (κ2) is 5.62. The van der Waals surface area contributed by atoms with Crippen molar-refractivity contribution in [3.05, 3.63) is 64.9 Å². The Morgan fingerprint density at radius 2 is 1.71 bits per heavy atom. The van der Waals surface area contributed by atoms with Crippen molar-refractivity contribution >= 4 is 11.6 Å². The Morgan fingerprint density at radius 1 is 0.952 bits per heavy atom. The smallest absolute Gasteiger partial charge is 0.180 e. The van der Waals surface area contributed by atoms with E-state index in [4.69, 9.17) is 11.6 Å². The first-order chi connectivity index (χ1) is 10.1. The Morgan fingerprint density at radius 3 is 2.43 bits per heavy atom. The Balaban J connectivity index is 2.14. The number of pyridine rings is 1. The molecular formula is C17H14ClN3. The van der Waals surface area contributed by atoms with Crippen molar-refractivity contribution < 1.29 is 0 Å². The largest absolute Gasteiger partial charge is 0.252 e. The summed E-state index contributed by atoms with van der Waals surface area (Å²) in [5.41, 5.74) is 4.72. The molecule has 0 radical (unpaired) electrons. The average molecular weight is 296 g/mol. The van der Waals surface area contributed by atoms with Crippen LogP contribution < -0.4 is 0 Å². The molecule has 0 amide bonds. The van der Waals surface area contributed by atoms with Crippen LogP contribution in [-0.4, -0.2) is 15.0 Å². The van der Waals surface area contributed by atoms with E-state index < -0.39 is 0 Å². The van der Waals surface area contributed by atoms with Crippen molar-refractivity contribution in [3.8, 4) is 22.8 Å². The third-order valence-electron chi connectivity index (χ3n) is 3.19. The molecule has 0 bridgehead atoms. The van der Waals surface area contributed by atoms with Crippen LogP contribution in [-0.2, 0) is 0 Å². The standard InChI is InChI=1S/C17H14ClN3/c1-11-8-12(2)16(19-10-11)17-20-14(9-15(18)21-17)13-6-4-3-5-7-13/h3-10H,1-2H3. The number of nitrogens with zero attached hydrogens (tertiary/aromatic N) is 3. The van der Waals surface area contributed by atoms with Crippen LogP contribution in [0.3, 0.4) is 0 Å². The van der Waals surface area contributed by atoms with E-state index in [0.29, 0.717) is 11.0 Å². The Hall–Kier alpha value is -2.26. The maximum atomic E-state index is 6.15. The van der Waals surface area contributed by atoms with Gasteiger partial charge >= 0.3 is 0 Å². The zero-order chi connectivity index (χ0) is 14.8. The van der Waals surface area contributed by atoms with Crippen molar-refractivity contribution in [3.63, 3.8) is 0 Å². The van der Waals surface area contributed by atoms with Gasteiger partial charge in [0.05, 0.1) is 5.69 Å². The number of aryl methyl sites for hydroxylation is 2. The van der Waals surface area contributed by atoms with Gasteiger partial charge in [0.25, 0.3) is 0 Å². The van der Waals surface area contributed by atoms with Crippen molar-refractivity contribution in [1.29, 1.82) is 0 Å². The maximum Gasteiger partial charge on any atom is 0.180 e. The fourth-order valence-electron chi connectivity index (χ4n) is 2.23. The monoisotopic (exact) mass is 295 g/mol. The normalized spacial score (nSPS) is 10.6. The highest BCUT2D eigenvalue weighted by atomic mass is 35.5. The summed E-state index contributed by atoms with van der Waals surface area (Å²) in [5.74, 6) is 0.554. The minimum absolute atomic E-state index is 0.417. The summed E-state index contributed by atoms with van der Waals surface area (Å²) in [6, 6.07) is 13.7. The molecular weight excluding hydrogens is 282 g/mol. The Bertz CT molecular complexity index is 785. The lowest BCUT2D eigenvalue weighted by atomic mass is 10.1. The molecule has 21 heavy (non-hydrogen) atoms. The highest BCUT2D eigenvalue weighted by molar-refractivity contribution is 6.29. The quantitative estimate of drug-likeness (QED) is 0.654. The molecule has 0 aliphatic heterocycles. The molecule has 4 heteroatoms. The first-order valence-corrected chi connectivity index (χ1v) is 7.05. The predicted molar refractivity (Wildman–Crippen MR) is 85.2 cm³/mol. The van der Waals surface area contributed by atoms with Crippen molar-refractivity contribution in [2.24, 2.45) is 0 Å². The molecule has 0 saturated heterocycles. The van der Waals surface area contributed by atoms with Gasteiger partial charge in [-0.3, -0.25) is 4.98 Å². The van der Waals surface area contributed by atoms with Gasteiger partial charge in [-0.15, -0.1) is 0 Å². The van der Waals surface area contributed by atoms with E-state index in [1.54, 1.807) is 6.07 Å². The van der Waals surface area contributed by atoms with Gasteiger partial charge in [-0.1, -0.05) is 48.0 Å². The zero-order valence-electron chi connectivity index (χ0n) is 11.8. The third-order valence-corrected chi connectivity index (χ3v) is 3.38. The Kier molecular flexibility index (Phi) is 3.67. The number of hydrogen-bond donors (Lipinski definition) is 0. The summed E-state index contributed by atoms with van der Waals surface area (Å²) < 4.78 is 0. The molecule has 104 valence electrons. The zero-order valence-corrected chi connectivity index (χ0v) is 12.6. The van der Waals surface area contributed by atoms with E-state index in [1.807, 2.05) is 50.4 Å². The van der Waals surface area contributed by atoms with Gasteiger partial charge in [-0.2, -0.15) is 0 Å². The van der Waals surface area contributed by atoms with Gasteiger partial charge < -0.3 is 0 Å². The molecule has 3 nitrogen and oxygen atoms in total. The molecule has 0 aliphatic carbocycles. The minimum Gasteiger partial charge on any atom is -0.252 e. The van der Waals surface area contributed by atoms with E-state index in [2.05, 4.69) is 21.0 Å². The van der Waals surface area contributed by atoms with Gasteiger partial charge in [0.1, 0.15) is 10.8 Å². The lowest BCUT2D eigenvalue weighted by molar-refractivity contribution is 1.12. The van der Waals surface area contributed by atoms with Crippen molar-refractivity contribution in [1.82, 2.24) is 15.0 Å². The van der Waals surface area contributed by atoms with Gasteiger partial charge in [0, 0.05) is 17.8 Å². The summed E-state index contributed by atoms with van der Waals surface area (Å²) in [6.45, 7) is 4.01. The number of hydrogen-bond acceptors (Lipinski definition) is 3. The summed E-state index contributed by atoms with van der Waals surface area (Å²) in [5, 5.41) is 0.417. The average Bonchev–Trinajstić information content (AvgIpc) is 2.47. The molecule has 0 saturated carbocycles. The van der Waals surface area contributed by atoms with E-state index >= 15 is 0 Å². The lowest BCUT2D eigenvalue weighted by Crippen LogP contribution is -1.97. The fraction of sp³-hybridized carbons (Fsp3) is 0.118. The molecule has 2 heterocycles. The first-order valence-electron chi connectivity index (χ1n) is 6.67. The number of benzene rings is 1. The van der Waals surface area contributed by atoms with Crippen LogP contribution in [0.15, 0.2) is 48.7 Å². The number of rotatable bonds is 2. The van der Waals surface area contributed by atoms with Crippen LogP contribution in [0.25, 0.3) is 22.8 Å². The maximum absolute atomic E-state index is 6.15. The molecule has 2 aromatic heterocycles.